The Kier molecular flexibility index (Phi) is 15.1. The molecule has 0 atom stereocenters. The molecule has 0 aromatic rings. The van der Waals surface area contributed by atoms with E-state index in [4.69, 9.17) is 4.74 Å². The third kappa shape index (κ3) is 16.2. The van der Waals surface area contributed by atoms with Crippen molar-refractivity contribution in [1.29, 1.82) is 0 Å². The van der Waals surface area contributed by atoms with E-state index in [1.165, 1.54) is 0 Å². The maximum Gasteiger partial charge on any atom is 0.0991 e. The minimum absolute atomic E-state index is 0.643. The quantitative estimate of drug-likeness (QED) is 0.357. The summed E-state index contributed by atoms with van der Waals surface area (Å²) < 4.78 is 5.14. The second kappa shape index (κ2) is 13.0. The SMILES string of the molecule is C=CC.C=CCOCN(C)CC. The highest BCUT2D eigenvalue weighted by atomic mass is 16.5. The molecule has 0 aromatic carbocycles. The number of hydrogen-bond acceptors (Lipinski definition) is 2. The van der Waals surface area contributed by atoms with Crippen molar-refractivity contribution in [2.24, 2.45) is 0 Å². The molecule has 0 aliphatic heterocycles. The lowest BCUT2D eigenvalue weighted by atomic mass is 10.6. The van der Waals surface area contributed by atoms with Crippen molar-refractivity contribution >= 4 is 0 Å². The maximum absolute atomic E-state index is 5.14. The summed E-state index contributed by atoms with van der Waals surface area (Å²) in [5, 5.41) is 0. The van der Waals surface area contributed by atoms with Crippen molar-refractivity contribution in [3.05, 3.63) is 25.3 Å². The summed E-state index contributed by atoms with van der Waals surface area (Å²) >= 11 is 0. The van der Waals surface area contributed by atoms with Gasteiger partial charge in [-0.2, -0.15) is 0 Å². The van der Waals surface area contributed by atoms with Gasteiger partial charge in [-0.3, -0.25) is 4.90 Å². The summed E-state index contributed by atoms with van der Waals surface area (Å²) in [7, 11) is 2.02. The van der Waals surface area contributed by atoms with E-state index in [0.717, 1.165) is 6.54 Å². The molecule has 0 N–H and O–H groups in total. The molecule has 2 heteroatoms. The Balaban J connectivity index is 0. The van der Waals surface area contributed by atoms with E-state index in [9.17, 15) is 0 Å². The summed E-state index contributed by atoms with van der Waals surface area (Å²) in [6, 6.07) is 0. The van der Waals surface area contributed by atoms with Crippen LogP contribution in [0.1, 0.15) is 13.8 Å². The zero-order valence-electron chi connectivity index (χ0n) is 8.55. The third-order valence-corrected chi connectivity index (χ3v) is 1.09. The van der Waals surface area contributed by atoms with Crippen LogP contribution in [0.4, 0.5) is 0 Å². The van der Waals surface area contributed by atoms with Gasteiger partial charge in [0.1, 0.15) is 0 Å². The molecular formula is C10H21NO. The van der Waals surface area contributed by atoms with E-state index < -0.39 is 0 Å². The lowest BCUT2D eigenvalue weighted by molar-refractivity contribution is 0.0632. The normalized spacial score (nSPS) is 8.67. The molecule has 0 amide bonds. The Labute approximate surface area is 76.5 Å². The zero-order valence-corrected chi connectivity index (χ0v) is 8.55. The van der Waals surface area contributed by atoms with Gasteiger partial charge in [0, 0.05) is 0 Å². The van der Waals surface area contributed by atoms with Gasteiger partial charge in [0.2, 0.25) is 0 Å². The van der Waals surface area contributed by atoms with Crippen LogP contribution >= 0.6 is 0 Å². The summed E-state index contributed by atoms with van der Waals surface area (Å²) in [5.74, 6) is 0. The van der Waals surface area contributed by atoms with Gasteiger partial charge >= 0.3 is 0 Å². The fourth-order valence-electron chi connectivity index (χ4n) is 0.383. The van der Waals surface area contributed by atoms with Crippen LogP contribution < -0.4 is 0 Å². The Morgan fingerprint density at radius 3 is 2.25 bits per heavy atom. The molecule has 0 unspecified atom stereocenters. The van der Waals surface area contributed by atoms with E-state index >= 15 is 0 Å². The average molecular weight is 171 g/mol. The Morgan fingerprint density at radius 2 is 1.92 bits per heavy atom. The predicted octanol–water partition coefficient (Wildman–Crippen LogP) is 2.29. The Morgan fingerprint density at radius 1 is 1.42 bits per heavy atom. The van der Waals surface area contributed by atoms with Crippen LogP contribution in [0, 0.1) is 0 Å². The molecule has 72 valence electrons. The summed E-state index contributed by atoms with van der Waals surface area (Å²) in [4.78, 5) is 2.09. The van der Waals surface area contributed by atoms with Crippen molar-refractivity contribution in [2.45, 2.75) is 13.8 Å². The summed E-state index contributed by atoms with van der Waals surface area (Å²) in [6.07, 6.45) is 3.50. The van der Waals surface area contributed by atoms with Crippen LogP contribution in [0.15, 0.2) is 25.3 Å². The van der Waals surface area contributed by atoms with Gasteiger partial charge in [-0.1, -0.05) is 19.1 Å². The van der Waals surface area contributed by atoms with Gasteiger partial charge < -0.3 is 4.74 Å². The van der Waals surface area contributed by atoms with Gasteiger partial charge in [0.15, 0.2) is 0 Å². The smallest absolute Gasteiger partial charge is 0.0991 e. The van der Waals surface area contributed by atoms with Crippen LogP contribution in [0.25, 0.3) is 0 Å². The number of nitrogens with zero attached hydrogens (tertiary/aromatic N) is 1. The van der Waals surface area contributed by atoms with Crippen molar-refractivity contribution in [2.75, 3.05) is 26.9 Å². The molecule has 12 heavy (non-hydrogen) atoms. The third-order valence-electron chi connectivity index (χ3n) is 1.09. The number of hydrogen-bond donors (Lipinski definition) is 0. The van der Waals surface area contributed by atoms with Crippen molar-refractivity contribution in [1.82, 2.24) is 4.90 Å². The molecule has 0 spiro atoms. The largest absolute Gasteiger partial charge is 0.362 e. The molecule has 0 rings (SSSR count). The van der Waals surface area contributed by atoms with Crippen LogP contribution in [-0.4, -0.2) is 31.8 Å². The van der Waals surface area contributed by atoms with Crippen molar-refractivity contribution < 1.29 is 4.74 Å². The van der Waals surface area contributed by atoms with Gasteiger partial charge in [-0.25, -0.2) is 0 Å². The first-order chi connectivity index (χ1) is 5.72. The minimum Gasteiger partial charge on any atom is -0.362 e. The van der Waals surface area contributed by atoms with Gasteiger partial charge in [0.25, 0.3) is 0 Å². The van der Waals surface area contributed by atoms with E-state index in [1.807, 2.05) is 14.0 Å². The molecule has 0 aliphatic rings. The van der Waals surface area contributed by atoms with E-state index in [1.54, 1.807) is 12.2 Å². The highest BCUT2D eigenvalue weighted by Crippen LogP contribution is 1.81. The van der Waals surface area contributed by atoms with E-state index in [-0.39, 0.29) is 0 Å². The monoisotopic (exact) mass is 171 g/mol. The molecule has 0 aromatic heterocycles. The second-order valence-corrected chi connectivity index (χ2v) is 2.37. The topological polar surface area (TPSA) is 12.5 Å². The molecule has 0 heterocycles. The van der Waals surface area contributed by atoms with Gasteiger partial charge in [-0.05, 0) is 20.5 Å². The highest BCUT2D eigenvalue weighted by Gasteiger charge is 1.89. The van der Waals surface area contributed by atoms with Crippen LogP contribution in [0.2, 0.25) is 0 Å². The Bertz CT molecular complexity index is 102. The molecule has 0 bridgehead atoms. The van der Waals surface area contributed by atoms with Crippen molar-refractivity contribution in [3.8, 4) is 0 Å². The van der Waals surface area contributed by atoms with Crippen LogP contribution in [0.5, 0.6) is 0 Å². The first kappa shape index (κ1) is 14.0. The Hall–Kier alpha value is -0.600. The van der Waals surface area contributed by atoms with Crippen LogP contribution in [-0.2, 0) is 4.74 Å². The minimum atomic E-state index is 0.643. The molecule has 0 saturated heterocycles. The second-order valence-electron chi connectivity index (χ2n) is 2.37. The van der Waals surface area contributed by atoms with Gasteiger partial charge in [-0.15, -0.1) is 13.2 Å². The first-order valence-electron chi connectivity index (χ1n) is 4.17. The number of ether oxygens (including phenoxy) is 1. The summed E-state index contributed by atoms with van der Waals surface area (Å²) in [6.45, 7) is 13.2. The van der Waals surface area contributed by atoms with Crippen molar-refractivity contribution in [3.63, 3.8) is 0 Å². The number of rotatable bonds is 5. The fraction of sp³-hybridized carbons (Fsp3) is 0.600. The standard InChI is InChI=1S/C7H15NO.C3H6/c1-4-6-9-7-8(3)5-2;1-3-2/h4H,1,5-7H2,2-3H3;3H,1H2,2H3. The van der Waals surface area contributed by atoms with E-state index in [2.05, 4.69) is 25.0 Å². The fourth-order valence-corrected chi connectivity index (χ4v) is 0.383. The summed E-state index contributed by atoms with van der Waals surface area (Å²) in [5.41, 5.74) is 0. The molecule has 0 aliphatic carbocycles. The molecule has 2 nitrogen and oxygen atoms in total. The zero-order chi connectivity index (χ0) is 9.82. The van der Waals surface area contributed by atoms with Gasteiger partial charge in [0.05, 0.1) is 13.3 Å². The lowest BCUT2D eigenvalue weighted by Gasteiger charge is -2.12. The number of allylic oxidation sites excluding steroid dienone is 1. The average Bonchev–Trinajstić information content (AvgIpc) is 2.06. The lowest BCUT2D eigenvalue weighted by Crippen LogP contribution is -2.20. The molecule has 0 fully saturated rings. The van der Waals surface area contributed by atoms with Crippen LogP contribution in [0.3, 0.4) is 0 Å². The van der Waals surface area contributed by atoms with E-state index in [0.29, 0.717) is 13.3 Å². The maximum atomic E-state index is 5.14. The molecular weight excluding hydrogens is 150 g/mol. The highest BCUT2D eigenvalue weighted by molar-refractivity contribution is 4.63. The molecule has 0 saturated carbocycles. The predicted molar refractivity (Wildman–Crippen MR) is 55.2 cm³/mol. The first-order valence-corrected chi connectivity index (χ1v) is 4.17. The molecule has 0 radical (unpaired) electrons.